The summed E-state index contributed by atoms with van der Waals surface area (Å²) in [6.45, 7) is 5.90. The molecule has 0 spiro atoms. The molecule has 3 aromatic heterocycles. The molecule has 148 valence electrons. The van der Waals surface area contributed by atoms with Gasteiger partial charge in [0.1, 0.15) is 10.7 Å². The number of hydrogen-bond acceptors (Lipinski definition) is 7. The van der Waals surface area contributed by atoms with Gasteiger partial charge in [0.2, 0.25) is 0 Å². The van der Waals surface area contributed by atoms with E-state index in [1.54, 1.807) is 11.3 Å². The first-order chi connectivity index (χ1) is 13.6. The molecule has 0 unspecified atom stereocenters. The van der Waals surface area contributed by atoms with Crippen molar-refractivity contribution in [3.8, 4) is 10.4 Å². The molecule has 3 aromatic rings. The molecule has 1 atom stereocenters. The average molecular weight is 418 g/mol. The van der Waals surface area contributed by atoms with Crippen LogP contribution in [0.1, 0.15) is 38.6 Å². The first-order valence-electron chi connectivity index (χ1n) is 9.54. The summed E-state index contributed by atoms with van der Waals surface area (Å²) in [5.41, 5.74) is 0.871. The molecule has 0 saturated carbocycles. The normalized spacial score (nSPS) is 17.1. The monoisotopic (exact) mass is 417 g/mol. The Balaban J connectivity index is 1.53. The van der Waals surface area contributed by atoms with Crippen LogP contribution in [0.15, 0.2) is 27.7 Å². The molecule has 0 radical (unpaired) electrons. The van der Waals surface area contributed by atoms with Crippen molar-refractivity contribution in [1.29, 1.82) is 0 Å². The fourth-order valence-corrected chi connectivity index (χ4v) is 5.50. The fraction of sp³-hybridized carbons (Fsp3) is 0.450. The summed E-state index contributed by atoms with van der Waals surface area (Å²) in [6, 6.07) is 4.00. The van der Waals surface area contributed by atoms with E-state index in [0.29, 0.717) is 17.8 Å². The number of aromatic amines is 1. The molecule has 1 N–H and O–H groups in total. The van der Waals surface area contributed by atoms with E-state index in [4.69, 9.17) is 9.72 Å². The van der Waals surface area contributed by atoms with Crippen LogP contribution in [-0.4, -0.2) is 40.5 Å². The molecule has 28 heavy (non-hydrogen) atoms. The van der Waals surface area contributed by atoms with E-state index in [0.717, 1.165) is 41.2 Å². The van der Waals surface area contributed by atoms with Gasteiger partial charge in [-0.1, -0.05) is 6.07 Å². The largest absolute Gasteiger partial charge is 0.466 e. The third-order valence-corrected chi connectivity index (χ3v) is 7.12. The number of thiophene rings is 2. The lowest BCUT2D eigenvalue weighted by atomic mass is 9.96. The molecule has 0 aromatic carbocycles. The summed E-state index contributed by atoms with van der Waals surface area (Å²) in [4.78, 5) is 36.6. The Kier molecular flexibility index (Phi) is 5.61. The molecular weight excluding hydrogens is 394 g/mol. The molecule has 6 nitrogen and oxygen atoms in total. The topological polar surface area (TPSA) is 75.3 Å². The summed E-state index contributed by atoms with van der Waals surface area (Å²) >= 11 is 3.13. The van der Waals surface area contributed by atoms with Gasteiger partial charge < -0.3 is 9.72 Å². The molecule has 1 saturated heterocycles. The molecule has 0 bridgehead atoms. The maximum atomic E-state index is 12.8. The lowest BCUT2D eigenvalue weighted by molar-refractivity contribution is -0.149. The second kappa shape index (κ2) is 8.14. The van der Waals surface area contributed by atoms with E-state index in [1.807, 2.05) is 29.8 Å². The summed E-state index contributed by atoms with van der Waals surface area (Å²) in [5, 5.41) is 4.69. The zero-order valence-electron chi connectivity index (χ0n) is 15.9. The first kappa shape index (κ1) is 19.3. The van der Waals surface area contributed by atoms with Crippen molar-refractivity contribution in [2.24, 2.45) is 5.92 Å². The molecule has 0 aliphatic carbocycles. The molecule has 0 amide bonds. The Morgan fingerprint density at radius 3 is 2.86 bits per heavy atom. The molecule has 1 aliphatic heterocycles. The molecular formula is C20H23N3O3S2. The highest BCUT2D eigenvalue weighted by Crippen LogP contribution is 2.34. The highest BCUT2D eigenvalue weighted by atomic mass is 32.1. The summed E-state index contributed by atoms with van der Waals surface area (Å²) in [6.07, 6.45) is 1.55. The van der Waals surface area contributed by atoms with Gasteiger partial charge in [-0.05, 0) is 51.2 Å². The number of esters is 1. The van der Waals surface area contributed by atoms with E-state index in [2.05, 4.69) is 16.8 Å². The molecule has 4 rings (SSSR count). The standard InChI is InChI=1S/C20H23N3O3S2/c1-3-26-20(25)13-6-8-23(9-7-13)12(2)17-21-18(24)16-14(11-28-19(16)22-17)15-5-4-10-27-15/h4-5,10-13H,3,6-9H2,1-2H3,(H,21,22,24)/t12-/m1/s1. The zero-order valence-corrected chi connectivity index (χ0v) is 17.6. The fourth-order valence-electron chi connectivity index (χ4n) is 3.73. The van der Waals surface area contributed by atoms with Gasteiger partial charge in [-0.3, -0.25) is 14.5 Å². The number of H-pyrrole nitrogens is 1. The minimum Gasteiger partial charge on any atom is -0.466 e. The maximum absolute atomic E-state index is 12.8. The number of ether oxygens (including phenoxy) is 1. The van der Waals surface area contributed by atoms with Crippen LogP contribution >= 0.6 is 22.7 Å². The SMILES string of the molecule is CCOC(=O)C1CCN([C@H](C)c2nc3scc(-c4cccs4)c3c(=O)[nH]2)CC1. The van der Waals surface area contributed by atoms with E-state index in [1.165, 1.54) is 11.3 Å². The number of aromatic nitrogens is 2. The van der Waals surface area contributed by atoms with E-state index >= 15 is 0 Å². The number of carbonyl (C=O) groups excluding carboxylic acids is 1. The number of carbonyl (C=O) groups is 1. The number of nitrogens with one attached hydrogen (secondary N) is 1. The summed E-state index contributed by atoms with van der Waals surface area (Å²) < 4.78 is 5.14. The van der Waals surface area contributed by atoms with Crippen molar-refractivity contribution < 1.29 is 9.53 Å². The smallest absolute Gasteiger partial charge is 0.309 e. The van der Waals surface area contributed by atoms with Crippen molar-refractivity contribution in [1.82, 2.24) is 14.9 Å². The molecule has 4 heterocycles. The lowest BCUT2D eigenvalue weighted by Gasteiger charge is -2.34. The predicted molar refractivity (Wildman–Crippen MR) is 113 cm³/mol. The Morgan fingerprint density at radius 2 is 2.18 bits per heavy atom. The van der Waals surface area contributed by atoms with Crippen LogP contribution in [0.3, 0.4) is 0 Å². The number of piperidine rings is 1. The Labute approximate surface area is 171 Å². The molecule has 8 heteroatoms. The quantitative estimate of drug-likeness (QED) is 0.634. The van der Waals surface area contributed by atoms with Crippen LogP contribution in [0.5, 0.6) is 0 Å². The maximum Gasteiger partial charge on any atom is 0.309 e. The lowest BCUT2D eigenvalue weighted by Crippen LogP contribution is -2.39. The number of nitrogens with zero attached hydrogens (tertiary/aromatic N) is 2. The van der Waals surface area contributed by atoms with Crippen LogP contribution in [0, 0.1) is 5.92 Å². The van der Waals surface area contributed by atoms with Crippen molar-refractivity contribution in [3.05, 3.63) is 39.1 Å². The van der Waals surface area contributed by atoms with E-state index in [9.17, 15) is 9.59 Å². The van der Waals surface area contributed by atoms with Gasteiger partial charge in [-0.2, -0.15) is 0 Å². The van der Waals surface area contributed by atoms with Gasteiger partial charge in [0.15, 0.2) is 0 Å². The Hall–Kier alpha value is -2.03. The minimum atomic E-state index is -0.0950. The molecule has 1 aliphatic rings. The van der Waals surface area contributed by atoms with Crippen LogP contribution in [-0.2, 0) is 9.53 Å². The van der Waals surface area contributed by atoms with Gasteiger partial charge in [-0.15, -0.1) is 22.7 Å². The van der Waals surface area contributed by atoms with Gasteiger partial charge >= 0.3 is 5.97 Å². The van der Waals surface area contributed by atoms with Crippen LogP contribution in [0.25, 0.3) is 20.7 Å². The predicted octanol–water partition coefficient (Wildman–Crippen LogP) is 4.05. The summed E-state index contributed by atoms with van der Waals surface area (Å²) in [5.74, 6) is 0.567. The van der Waals surface area contributed by atoms with E-state index < -0.39 is 0 Å². The third kappa shape index (κ3) is 3.64. The average Bonchev–Trinajstić information content (AvgIpc) is 3.37. The number of hydrogen-bond donors (Lipinski definition) is 1. The zero-order chi connectivity index (χ0) is 19.7. The minimum absolute atomic E-state index is 0.00691. The van der Waals surface area contributed by atoms with Gasteiger partial charge in [0.25, 0.3) is 5.56 Å². The highest BCUT2D eigenvalue weighted by molar-refractivity contribution is 7.18. The van der Waals surface area contributed by atoms with Gasteiger partial charge in [-0.25, -0.2) is 4.98 Å². The van der Waals surface area contributed by atoms with Crippen molar-refractivity contribution in [3.63, 3.8) is 0 Å². The van der Waals surface area contributed by atoms with Crippen LogP contribution in [0.2, 0.25) is 0 Å². The van der Waals surface area contributed by atoms with Gasteiger partial charge in [0, 0.05) is 15.8 Å². The van der Waals surface area contributed by atoms with Crippen molar-refractivity contribution >= 4 is 38.9 Å². The highest BCUT2D eigenvalue weighted by Gasteiger charge is 2.29. The van der Waals surface area contributed by atoms with Gasteiger partial charge in [0.05, 0.1) is 24.0 Å². The number of likely N-dealkylation sites (tertiary alicyclic amines) is 1. The van der Waals surface area contributed by atoms with Crippen molar-refractivity contribution in [2.75, 3.05) is 19.7 Å². The Bertz CT molecular complexity index is 1020. The molecule has 1 fully saturated rings. The third-order valence-electron chi connectivity index (χ3n) is 5.34. The van der Waals surface area contributed by atoms with E-state index in [-0.39, 0.29) is 23.5 Å². The summed E-state index contributed by atoms with van der Waals surface area (Å²) in [7, 11) is 0. The number of rotatable bonds is 5. The second-order valence-corrected chi connectivity index (χ2v) is 8.80. The van der Waals surface area contributed by atoms with Crippen molar-refractivity contribution in [2.45, 2.75) is 32.7 Å². The van der Waals surface area contributed by atoms with Crippen LogP contribution in [0.4, 0.5) is 0 Å². The first-order valence-corrected chi connectivity index (χ1v) is 11.3. The number of fused-ring (bicyclic) bond motifs is 1. The Morgan fingerprint density at radius 1 is 1.39 bits per heavy atom. The van der Waals surface area contributed by atoms with Crippen LogP contribution < -0.4 is 5.56 Å². The second-order valence-electron chi connectivity index (χ2n) is 7.00.